The molecule has 0 aliphatic heterocycles. The van der Waals surface area contributed by atoms with Crippen molar-refractivity contribution in [2.24, 2.45) is 0 Å². The SMILES string of the molecule is O=C([O-])CSc1nnc(-c2ccc(Cl)cc2Cl)o1. The van der Waals surface area contributed by atoms with Crippen molar-refractivity contribution in [2.45, 2.75) is 5.22 Å². The van der Waals surface area contributed by atoms with Gasteiger partial charge in [0.05, 0.1) is 16.6 Å². The van der Waals surface area contributed by atoms with Gasteiger partial charge in [-0.2, -0.15) is 0 Å². The molecule has 0 spiro atoms. The number of aromatic nitrogens is 2. The van der Waals surface area contributed by atoms with E-state index in [1.807, 2.05) is 0 Å². The lowest BCUT2D eigenvalue weighted by atomic mass is 10.2. The predicted molar refractivity (Wildman–Crippen MR) is 65.5 cm³/mol. The van der Waals surface area contributed by atoms with E-state index in [4.69, 9.17) is 27.6 Å². The van der Waals surface area contributed by atoms with Crippen LogP contribution < -0.4 is 5.11 Å². The van der Waals surface area contributed by atoms with E-state index < -0.39 is 5.97 Å². The average molecular weight is 304 g/mol. The zero-order chi connectivity index (χ0) is 13.1. The molecule has 0 aliphatic rings. The van der Waals surface area contributed by atoms with Crippen molar-refractivity contribution in [1.82, 2.24) is 10.2 Å². The highest BCUT2D eigenvalue weighted by Crippen LogP contribution is 2.30. The van der Waals surface area contributed by atoms with Crippen LogP contribution >= 0.6 is 35.0 Å². The first-order valence-electron chi connectivity index (χ1n) is 4.68. The maximum absolute atomic E-state index is 10.3. The highest BCUT2D eigenvalue weighted by molar-refractivity contribution is 7.99. The monoisotopic (exact) mass is 303 g/mol. The van der Waals surface area contributed by atoms with Gasteiger partial charge < -0.3 is 14.3 Å². The van der Waals surface area contributed by atoms with E-state index in [-0.39, 0.29) is 16.9 Å². The van der Waals surface area contributed by atoms with Gasteiger partial charge in [0.15, 0.2) is 0 Å². The molecular weight excluding hydrogens is 299 g/mol. The molecule has 0 saturated heterocycles. The van der Waals surface area contributed by atoms with Crippen LogP contribution in [-0.2, 0) is 4.79 Å². The Balaban J connectivity index is 2.21. The molecule has 1 aromatic carbocycles. The van der Waals surface area contributed by atoms with Crippen molar-refractivity contribution in [1.29, 1.82) is 0 Å². The smallest absolute Gasteiger partial charge is 0.277 e. The molecular formula is C10H5Cl2N2O3S-. The zero-order valence-electron chi connectivity index (χ0n) is 8.72. The lowest BCUT2D eigenvalue weighted by Gasteiger charge is -1.99. The van der Waals surface area contributed by atoms with Gasteiger partial charge in [-0.25, -0.2) is 0 Å². The Kier molecular flexibility index (Phi) is 4.11. The number of thioether (sulfide) groups is 1. The molecule has 2 aromatic rings. The molecule has 0 bridgehead atoms. The van der Waals surface area contributed by atoms with Crippen LogP contribution in [0.1, 0.15) is 0 Å². The van der Waals surface area contributed by atoms with Gasteiger partial charge in [0, 0.05) is 10.8 Å². The van der Waals surface area contributed by atoms with E-state index in [9.17, 15) is 9.90 Å². The highest BCUT2D eigenvalue weighted by atomic mass is 35.5. The Labute approximate surface area is 116 Å². The third kappa shape index (κ3) is 3.16. The third-order valence-electron chi connectivity index (χ3n) is 1.88. The minimum Gasteiger partial charge on any atom is -0.549 e. The molecule has 0 fully saturated rings. The Morgan fingerprint density at radius 2 is 2.17 bits per heavy atom. The van der Waals surface area contributed by atoms with Gasteiger partial charge >= 0.3 is 0 Å². The van der Waals surface area contributed by atoms with Crippen LogP contribution in [0.3, 0.4) is 0 Å². The minimum atomic E-state index is -1.20. The molecule has 0 N–H and O–H groups in total. The van der Waals surface area contributed by atoms with Gasteiger partial charge in [0.1, 0.15) is 0 Å². The molecule has 18 heavy (non-hydrogen) atoms. The number of carbonyl (C=O) groups is 1. The van der Waals surface area contributed by atoms with Gasteiger partial charge in [-0.1, -0.05) is 35.0 Å². The molecule has 1 heterocycles. The van der Waals surface area contributed by atoms with Crippen LogP contribution in [0.4, 0.5) is 0 Å². The van der Waals surface area contributed by atoms with E-state index in [1.54, 1.807) is 18.2 Å². The molecule has 1 aromatic heterocycles. The van der Waals surface area contributed by atoms with E-state index in [0.29, 0.717) is 15.6 Å². The van der Waals surface area contributed by atoms with Crippen molar-refractivity contribution in [2.75, 3.05) is 5.75 Å². The summed E-state index contributed by atoms with van der Waals surface area (Å²) in [4.78, 5) is 10.3. The van der Waals surface area contributed by atoms with Gasteiger partial charge in [0.2, 0.25) is 5.89 Å². The summed E-state index contributed by atoms with van der Waals surface area (Å²) in [6.45, 7) is 0. The fraction of sp³-hybridized carbons (Fsp3) is 0.100. The Morgan fingerprint density at radius 3 is 2.83 bits per heavy atom. The maximum Gasteiger partial charge on any atom is 0.277 e. The Hall–Kier alpha value is -1.24. The summed E-state index contributed by atoms with van der Waals surface area (Å²) in [5, 5.41) is 18.8. The number of carbonyl (C=O) groups excluding carboxylic acids is 1. The van der Waals surface area contributed by atoms with E-state index >= 15 is 0 Å². The summed E-state index contributed by atoms with van der Waals surface area (Å²) < 4.78 is 5.26. The van der Waals surface area contributed by atoms with Crippen LogP contribution in [0, 0.1) is 0 Å². The van der Waals surface area contributed by atoms with Crippen molar-refractivity contribution in [3.63, 3.8) is 0 Å². The predicted octanol–water partition coefficient (Wildman–Crippen LogP) is 1.89. The fourth-order valence-electron chi connectivity index (χ4n) is 1.16. The number of halogens is 2. The molecule has 0 saturated carbocycles. The maximum atomic E-state index is 10.3. The van der Waals surface area contributed by atoms with Gasteiger partial charge in [-0.15, -0.1) is 10.2 Å². The number of aliphatic carboxylic acids is 1. The van der Waals surface area contributed by atoms with E-state index in [0.717, 1.165) is 11.8 Å². The quantitative estimate of drug-likeness (QED) is 0.803. The van der Waals surface area contributed by atoms with Gasteiger partial charge in [-0.3, -0.25) is 0 Å². The number of hydrogen-bond acceptors (Lipinski definition) is 6. The van der Waals surface area contributed by atoms with Gasteiger partial charge in [0.25, 0.3) is 5.22 Å². The van der Waals surface area contributed by atoms with Crippen molar-refractivity contribution in [3.05, 3.63) is 28.2 Å². The van der Waals surface area contributed by atoms with Crippen LogP contribution in [-0.4, -0.2) is 21.9 Å². The van der Waals surface area contributed by atoms with Gasteiger partial charge in [-0.05, 0) is 18.2 Å². The molecule has 8 heteroatoms. The normalized spacial score (nSPS) is 10.6. The summed E-state index contributed by atoms with van der Waals surface area (Å²) in [7, 11) is 0. The summed E-state index contributed by atoms with van der Waals surface area (Å²) in [5.74, 6) is -1.25. The largest absolute Gasteiger partial charge is 0.549 e. The molecule has 0 radical (unpaired) electrons. The second kappa shape index (κ2) is 5.60. The van der Waals surface area contributed by atoms with Crippen molar-refractivity contribution in [3.8, 4) is 11.5 Å². The van der Waals surface area contributed by atoms with Crippen LogP contribution in [0.2, 0.25) is 10.0 Å². The van der Waals surface area contributed by atoms with Crippen LogP contribution in [0.25, 0.3) is 11.5 Å². The molecule has 0 unspecified atom stereocenters. The topological polar surface area (TPSA) is 79.0 Å². The minimum absolute atomic E-state index is 0.139. The van der Waals surface area contributed by atoms with Crippen LogP contribution in [0.5, 0.6) is 0 Å². The summed E-state index contributed by atoms with van der Waals surface area (Å²) in [5.41, 5.74) is 0.536. The number of rotatable bonds is 4. The average Bonchev–Trinajstić information content (AvgIpc) is 2.75. The lowest BCUT2D eigenvalue weighted by molar-refractivity contribution is -0.301. The molecule has 2 rings (SSSR count). The first-order valence-corrected chi connectivity index (χ1v) is 6.42. The fourth-order valence-corrected chi connectivity index (χ4v) is 2.13. The summed E-state index contributed by atoms with van der Waals surface area (Å²) in [6.07, 6.45) is 0. The second-order valence-corrected chi connectivity index (χ2v) is 4.93. The number of carboxylic acid groups (broad SMARTS) is 1. The number of hydrogen-bond donors (Lipinski definition) is 0. The van der Waals surface area contributed by atoms with Crippen molar-refractivity contribution >= 4 is 40.9 Å². The number of carboxylic acids is 1. The van der Waals surface area contributed by atoms with E-state index in [2.05, 4.69) is 10.2 Å². The Bertz CT molecular complexity index is 588. The first-order chi connectivity index (χ1) is 8.56. The molecule has 94 valence electrons. The second-order valence-electron chi connectivity index (χ2n) is 3.16. The molecule has 5 nitrogen and oxygen atoms in total. The number of nitrogens with zero attached hydrogens (tertiary/aromatic N) is 2. The standard InChI is InChI=1S/C10H6Cl2N2O3S/c11-5-1-2-6(7(12)3-5)9-13-14-10(17-9)18-4-8(15)16/h1-3H,4H2,(H,15,16)/p-1. The third-order valence-corrected chi connectivity index (χ3v) is 3.22. The van der Waals surface area contributed by atoms with Crippen molar-refractivity contribution < 1.29 is 14.3 Å². The van der Waals surface area contributed by atoms with E-state index in [1.165, 1.54) is 0 Å². The first kappa shape index (κ1) is 13.2. The Morgan fingerprint density at radius 1 is 1.39 bits per heavy atom. The van der Waals surface area contributed by atoms with Crippen LogP contribution in [0.15, 0.2) is 27.8 Å². The number of benzene rings is 1. The molecule has 0 aliphatic carbocycles. The lowest BCUT2D eigenvalue weighted by Crippen LogP contribution is -2.24. The molecule has 0 atom stereocenters. The highest BCUT2D eigenvalue weighted by Gasteiger charge is 2.12. The zero-order valence-corrected chi connectivity index (χ0v) is 11.1. The summed E-state index contributed by atoms with van der Waals surface area (Å²) >= 11 is 12.6. The summed E-state index contributed by atoms with van der Waals surface area (Å²) in [6, 6.07) is 4.84. The molecule has 0 amide bonds.